The van der Waals surface area contributed by atoms with Crippen molar-refractivity contribution in [3.05, 3.63) is 35.9 Å². The quantitative estimate of drug-likeness (QED) is 0.560. The molecule has 2 rings (SSSR count). The Labute approximate surface area is 122 Å². The smallest absolute Gasteiger partial charge is 0.251 e. The minimum atomic E-state index is -1.25. The minimum Gasteiger partial charge on any atom is -0.394 e. The SMILES string of the molecule is CO[C@@H]1O[C@H](CO)[C@H](O)[C@H](NC(=O)c2ccccc2)[C@@H]1O. The molecule has 0 unspecified atom stereocenters. The lowest BCUT2D eigenvalue weighted by atomic mass is 9.96. The molecule has 1 aliphatic rings. The highest BCUT2D eigenvalue weighted by Crippen LogP contribution is 2.22. The number of nitrogens with one attached hydrogen (secondary N) is 1. The molecule has 4 N–H and O–H groups in total. The number of rotatable bonds is 4. The fourth-order valence-electron chi connectivity index (χ4n) is 2.28. The molecule has 5 atom stereocenters. The maximum atomic E-state index is 12.1. The number of aliphatic hydroxyl groups excluding tert-OH is 3. The average molecular weight is 297 g/mol. The Morgan fingerprint density at radius 1 is 1.29 bits per heavy atom. The van der Waals surface area contributed by atoms with Crippen LogP contribution >= 0.6 is 0 Å². The first-order valence-electron chi connectivity index (χ1n) is 6.59. The van der Waals surface area contributed by atoms with Crippen molar-refractivity contribution >= 4 is 5.91 Å². The second-order valence-corrected chi connectivity index (χ2v) is 4.81. The van der Waals surface area contributed by atoms with Crippen LogP contribution in [0.1, 0.15) is 10.4 Å². The molecule has 1 aliphatic heterocycles. The molecule has 0 radical (unpaired) electrons. The molecule has 1 fully saturated rings. The van der Waals surface area contributed by atoms with Gasteiger partial charge in [-0.2, -0.15) is 0 Å². The van der Waals surface area contributed by atoms with Gasteiger partial charge in [0.05, 0.1) is 12.6 Å². The maximum Gasteiger partial charge on any atom is 0.251 e. The zero-order chi connectivity index (χ0) is 15.4. The zero-order valence-corrected chi connectivity index (χ0v) is 11.5. The Balaban J connectivity index is 2.13. The monoisotopic (exact) mass is 297 g/mol. The van der Waals surface area contributed by atoms with E-state index in [1.807, 2.05) is 0 Å². The summed E-state index contributed by atoms with van der Waals surface area (Å²) >= 11 is 0. The minimum absolute atomic E-state index is 0.401. The van der Waals surface area contributed by atoms with Gasteiger partial charge in [-0.1, -0.05) is 18.2 Å². The van der Waals surface area contributed by atoms with E-state index in [4.69, 9.17) is 9.47 Å². The first-order valence-corrected chi connectivity index (χ1v) is 6.59. The van der Waals surface area contributed by atoms with Gasteiger partial charge in [0.1, 0.15) is 18.3 Å². The molecule has 1 amide bonds. The lowest BCUT2D eigenvalue weighted by molar-refractivity contribution is -0.270. The van der Waals surface area contributed by atoms with Crippen molar-refractivity contribution in [2.75, 3.05) is 13.7 Å². The van der Waals surface area contributed by atoms with E-state index in [0.717, 1.165) is 0 Å². The number of carbonyl (C=O) groups is 1. The van der Waals surface area contributed by atoms with Gasteiger partial charge in [0.15, 0.2) is 6.29 Å². The van der Waals surface area contributed by atoms with E-state index >= 15 is 0 Å². The molecule has 0 aromatic heterocycles. The number of carbonyl (C=O) groups excluding carboxylic acids is 1. The Kier molecular flexibility index (Phi) is 5.27. The molecule has 7 nitrogen and oxygen atoms in total. The molecule has 0 bridgehead atoms. The summed E-state index contributed by atoms with van der Waals surface area (Å²) in [5.74, 6) is -0.438. The van der Waals surface area contributed by atoms with Crippen LogP contribution in [0, 0.1) is 0 Å². The molecule has 7 heteroatoms. The first kappa shape index (κ1) is 15.9. The number of ether oxygens (including phenoxy) is 2. The van der Waals surface area contributed by atoms with Crippen molar-refractivity contribution in [1.82, 2.24) is 5.32 Å². The summed E-state index contributed by atoms with van der Waals surface area (Å²) in [6, 6.07) is 7.42. The number of amides is 1. The van der Waals surface area contributed by atoms with Gasteiger partial charge < -0.3 is 30.1 Å². The Bertz CT molecular complexity index is 452. The normalized spacial score (nSPS) is 32.7. The maximum absolute atomic E-state index is 12.1. The third-order valence-corrected chi connectivity index (χ3v) is 3.45. The molecule has 0 spiro atoms. The Morgan fingerprint density at radius 3 is 2.52 bits per heavy atom. The van der Waals surface area contributed by atoms with E-state index in [9.17, 15) is 20.1 Å². The van der Waals surface area contributed by atoms with E-state index < -0.39 is 43.2 Å². The van der Waals surface area contributed by atoms with Crippen LogP contribution in [-0.2, 0) is 9.47 Å². The van der Waals surface area contributed by atoms with Crippen LogP contribution in [0.5, 0.6) is 0 Å². The summed E-state index contributed by atoms with van der Waals surface area (Å²) in [4.78, 5) is 12.1. The summed E-state index contributed by atoms with van der Waals surface area (Å²) < 4.78 is 10.2. The summed E-state index contributed by atoms with van der Waals surface area (Å²) in [7, 11) is 1.33. The molecule has 0 aliphatic carbocycles. The van der Waals surface area contributed by atoms with Gasteiger partial charge in [0, 0.05) is 12.7 Å². The third-order valence-electron chi connectivity index (χ3n) is 3.45. The van der Waals surface area contributed by atoms with Gasteiger partial charge in [-0.05, 0) is 12.1 Å². The number of hydrogen-bond donors (Lipinski definition) is 4. The highest BCUT2D eigenvalue weighted by Gasteiger charge is 2.45. The number of hydrogen-bond acceptors (Lipinski definition) is 6. The fourth-order valence-corrected chi connectivity index (χ4v) is 2.28. The largest absolute Gasteiger partial charge is 0.394 e. The van der Waals surface area contributed by atoms with Crippen LogP contribution in [0.4, 0.5) is 0 Å². The van der Waals surface area contributed by atoms with Gasteiger partial charge in [-0.3, -0.25) is 4.79 Å². The molecule has 1 aromatic rings. The van der Waals surface area contributed by atoms with E-state index in [1.165, 1.54) is 7.11 Å². The Morgan fingerprint density at radius 2 is 1.95 bits per heavy atom. The second-order valence-electron chi connectivity index (χ2n) is 4.81. The predicted octanol–water partition coefficient (Wildman–Crippen LogP) is -1.13. The molecule has 21 heavy (non-hydrogen) atoms. The molecule has 0 saturated carbocycles. The summed E-state index contributed by atoms with van der Waals surface area (Å²) in [6.45, 7) is -0.453. The van der Waals surface area contributed by atoms with Crippen molar-refractivity contribution in [3.8, 4) is 0 Å². The highest BCUT2D eigenvalue weighted by molar-refractivity contribution is 5.94. The van der Waals surface area contributed by atoms with Crippen molar-refractivity contribution in [2.24, 2.45) is 0 Å². The van der Waals surface area contributed by atoms with Crippen molar-refractivity contribution in [2.45, 2.75) is 30.6 Å². The van der Waals surface area contributed by atoms with Gasteiger partial charge in [-0.15, -0.1) is 0 Å². The van der Waals surface area contributed by atoms with E-state index in [-0.39, 0.29) is 0 Å². The topological polar surface area (TPSA) is 108 Å². The van der Waals surface area contributed by atoms with Crippen molar-refractivity contribution in [1.29, 1.82) is 0 Å². The van der Waals surface area contributed by atoms with Crippen LogP contribution in [0.15, 0.2) is 30.3 Å². The fraction of sp³-hybridized carbons (Fsp3) is 0.500. The first-order chi connectivity index (χ1) is 10.1. The van der Waals surface area contributed by atoms with Crippen LogP contribution in [0.25, 0.3) is 0 Å². The van der Waals surface area contributed by atoms with E-state index in [2.05, 4.69) is 5.32 Å². The number of benzene rings is 1. The van der Waals surface area contributed by atoms with Crippen molar-refractivity contribution in [3.63, 3.8) is 0 Å². The number of methoxy groups -OCH3 is 1. The highest BCUT2D eigenvalue weighted by atomic mass is 16.7. The second kappa shape index (κ2) is 6.97. The molecular formula is C14H19NO6. The van der Waals surface area contributed by atoms with E-state index in [1.54, 1.807) is 30.3 Å². The number of aliphatic hydroxyl groups is 3. The molecular weight excluding hydrogens is 278 g/mol. The summed E-state index contributed by atoms with van der Waals surface area (Å²) in [5.41, 5.74) is 0.401. The van der Waals surface area contributed by atoms with Crippen LogP contribution in [0.2, 0.25) is 0 Å². The standard InChI is InChI=1S/C14H19NO6/c1-20-14-12(18)10(11(17)9(7-16)21-14)15-13(19)8-5-3-2-4-6-8/h2-6,9-12,14,16-18H,7H2,1H3,(H,15,19)/t9-,10+,11+,12+,14-/m1/s1. The zero-order valence-electron chi connectivity index (χ0n) is 11.5. The van der Waals surface area contributed by atoms with E-state index in [0.29, 0.717) is 5.56 Å². The Hall–Kier alpha value is -1.51. The molecule has 1 saturated heterocycles. The molecule has 1 heterocycles. The van der Waals surface area contributed by atoms with Crippen LogP contribution < -0.4 is 5.32 Å². The lowest BCUT2D eigenvalue weighted by Crippen LogP contribution is -2.64. The van der Waals surface area contributed by atoms with Crippen LogP contribution in [0.3, 0.4) is 0 Å². The van der Waals surface area contributed by atoms with Gasteiger partial charge >= 0.3 is 0 Å². The van der Waals surface area contributed by atoms with Crippen LogP contribution in [-0.4, -0.2) is 65.6 Å². The van der Waals surface area contributed by atoms with Gasteiger partial charge in [0.2, 0.25) is 0 Å². The summed E-state index contributed by atoms with van der Waals surface area (Å²) in [6.07, 6.45) is -4.48. The molecule has 116 valence electrons. The third kappa shape index (κ3) is 3.39. The predicted molar refractivity (Wildman–Crippen MR) is 72.5 cm³/mol. The average Bonchev–Trinajstić information content (AvgIpc) is 2.52. The van der Waals surface area contributed by atoms with Gasteiger partial charge in [0.25, 0.3) is 5.91 Å². The lowest BCUT2D eigenvalue weighted by Gasteiger charge is -2.41. The molecule has 1 aromatic carbocycles. The summed E-state index contributed by atoms with van der Waals surface area (Å²) in [5, 5.41) is 31.9. The van der Waals surface area contributed by atoms with Crippen molar-refractivity contribution < 1.29 is 29.6 Å². The van der Waals surface area contributed by atoms with Gasteiger partial charge in [-0.25, -0.2) is 0 Å².